The third kappa shape index (κ3) is 5.60. The van der Waals surface area contributed by atoms with Gasteiger partial charge in [0.05, 0.1) is 12.9 Å². The molecule has 2 aromatic carbocycles. The molecule has 152 valence electrons. The highest BCUT2D eigenvalue weighted by molar-refractivity contribution is 7.99. The Balaban J connectivity index is 1.56. The van der Waals surface area contributed by atoms with E-state index < -0.39 is 0 Å². The van der Waals surface area contributed by atoms with Crippen LogP contribution in [0.5, 0.6) is 11.5 Å². The van der Waals surface area contributed by atoms with Crippen molar-refractivity contribution in [1.82, 2.24) is 10.2 Å². The highest BCUT2D eigenvalue weighted by Crippen LogP contribution is 2.28. The number of carbonyl (C=O) groups is 1. The third-order valence-corrected chi connectivity index (χ3v) is 5.15. The van der Waals surface area contributed by atoms with Crippen molar-refractivity contribution in [3.63, 3.8) is 0 Å². The maximum Gasteiger partial charge on any atom is 0.277 e. The molecule has 0 aliphatic carbocycles. The van der Waals surface area contributed by atoms with Crippen molar-refractivity contribution in [2.45, 2.75) is 38.5 Å². The van der Waals surface area contributed by atoms with Crippen molar-refractivity contribution < 1.29 is 18.7 Å². The maximum atomic E-state index is 12.3. The van der Waals surface area contributed by atoms with Gasteiger partial charge >= 0.3 is 0 Å². The molecule has 3 aromatic rings. The van der Waals surface area contributed by atoms with E-state index in [1.807, 2.05) is 13.0 Å². The smallest absolute Gasteiger partial charge is 0.277 e. The van der Waals surface area contributed by atoms with Crippen LogP contribution in [0.15, 0.2) is 52.1 Å². The second-order valence-electron chi connectivity index (χ2n) is 6.89. The van der Waals surface area contributed by atoms with E-state index in [2.05, 4.69) is 36.2 Å². The van der Waals surface area contributed by atoms with E-state index in [0.29, 0.717) is 28.3 Å². The van der Waals surface area contributed by atoms with Crippen molar-refractivity contribution in [3.8, 4) is 11.5 Å². The number of carbonyl (C=O) groups excluding carboxylic acids is 1. The van der Waals surface area contributed by atoms with Gasteiger partial charge in [-0.3, -0.25) is 4.79 Å². The average molecular weight is 413 g/mol. The van der Waals surface area contributed by atoms with Crippen molar-refractivity contribution in [3.05, 3.63) is 65.0 Å². The summed E-state index contributed by atoms with van der Waals surface area (Å²) in [5.41, 5.74) is 2.88. The fourth-order valence-electron chi connectivity index (χ4n) is 2.73. The highest BCUT2D eigenvalue weighted by atomic mass is 32.2. The van der Waals surface area contributed by atoms with E-state index in [-0.39, 0.29) is 18.1 Å². The van der Waals surface area contributed by atoms with Gasteiger partial charge in [0.25, 0.3) is 11.1 Å². The van der Waals surface area contributed by atoms with Crippen LogP contribution in [0.3, 0.4) is 0 Å². The minimum Gasteiger partial charge on any atom is -0.497 e. The summed E-state index contributed by atoms with van der Waals surface area (Å²) in [6.45, 7) is 6.46. The Morgan fingerprint density at radius 2 is 1.90 bits per heavy atom. The lowest BCUT2D eigenvalue weighted by molar-refractivity contribution is 0.102. The summed E-state index contributed by atoms with van der Waals surface area (Å²) in [6, 6.07) is 13.2. The van der Waals surface area contributed by atoms with Crippen LogP contribution in [-0.2, 0) is 6.61 Å². The lowest BCUT2D eigenvalue weighted by Gasteiger charge is -2.13. The molecule has 0 aliphatic rings. The minimum absolute atomic E-state index is 0.0185. The van der Waals surface area contributed by atoms with Gasteiger partial charge in [0.2, 0.25) is 0 Å². The number of Topliss-reactive ketones (excluding diaryl/α,β-unsaturated/α-hetero) is 1. The van der Waals surface area contributed by atoms with Gasteiger partial charge in [-0.25, -0.2) is 0 Å². The van der Waals surface area contributed by atoms with Crippen molar-refractivity contribution >= 4 is 17.5 Å². The summed E-state index contributed by atoms with van der Waals surface area (Å²) < 4.78 is 16.6. The molecule has 0 amide bonds. The number of aromatic nitrogens is 2. The van der Waals surface area contributed by atoms with E-state index in [9.17, 15) is 4.79 Å². The first-order valence-electron chi connectivity index (χ1n) is 9.32. The fourth-order valence-corrected chi connectivity index (χ4v) is 3.40. The second kappa shape index (κ2) is 9.60. The number of ketones is 1. The summed E-state index contributed by atoms with van der Waals surface area (Å²) in [6.07, 6.45) is 0. The SMILES string of the molecule is COc1ccc(C(=O)CSc2nnc(COc3cc(C)ccc3C(C)C)o2)cc1. The van der Waals surface area contributed by atoms with Gasteiger partial charge in [-0.2, -0.15) is 0 Å². The van der Waals surface area contributed by atoms with Gasteiger partial charge in [0.15, 0.2) is 12.4 Å². The zero-order valence-electron chi connectivity index (χ0n) is 17.0. The number of hydrogen-bond acceptors (Lipinski definition) is 7. The minimum atomic E-state index is -0.0185. The first kappa shape index (κ1) is 20.9. The predicted octanol–water partition coefficient (Wildman–Crippen LogP) is 5.06. The van der Waals surface area contributed by atoms with E-state index >= 15 is 0 Å². The van der Waals surface area contributed by atoms with E-state index in [1.54, 1.807) is 31.4 Å². The third-order valence-electron chi connectivity index (χ3n) is 4.33. The quantitative estimate of drug-likeness (QED) is 0.359. The van der Waals surface area contributed by atoms with Gasteiger partial charge in [-0.15, -0.1) is 10.2 Å². The number of aryl methyl sites for hydroxylation is 1. The van der Waals surface area contributed by atoms with Gasteiger partial charge in [0, 0.05) is 5.56 Å². The van der Waals surface area contributed by atoms with Crippen LogP contribution >= 0.6 is 11.8 Å². The molecule has 1 aromatic heterocycles. The maximum absolute atomic E-state index is 12.3. The Labute approximate surface area is 174 Å². The largest absolute Gasteiger partial charge is 0.497 e. The number of nitrogens with zero attached hydrogens (tertiary/aromatic N) is 2. The summed E-state index contributed by atoms with van der Waals surface area (Å²) in [7, 11) is 1.59. The topological polar surface area (TPSA) is 74.5 Å². The molecule has 0 unspecified atom stereocenters. The molecule has 29 heavy (non-hydrogen) atoms. The van der Waals surface area contributed by atoms with Crippen LogP contribution < -0.4 is 9.47 Å². The van der Waals surface area contributed by atoms with Crippen LogP contribution in [0.4, 0.5) is 0 Å². The molecule has 0 saturated carbocycles. The van der Waals surface area contributed by atoms with Crippen LogP contribution in [0, 0.1) is 6.92 Å². The Kier molecular flexibility index (Phi) is 6.93. The van der Waals surface area contributed by atoms with Crippen molar-refractivity contribution in [2.24, 2.45) is 0 Å². The Morgan fingerprint density at radius 1 is 1.14 bits per heavy atom. The lowest BCUT2D eigenvalue weighted by Crippen LogP contribution is -2.02. The Bertz CT molecular complexity index is 967. The Morgan fingerprint density at radius 3 is 2.59 bits per heavy atom. The van der Waals surface area contributed by atoms with Crippen LogP contribution in [0.1, 0.15) is 47.1 Å². The average Bonchev–Trinajstić information content (AvgIpc) is 3.18. The molecule has 0 fully saturated rings. The number of rotatable bonds is 9. The normalized spacial score (nSPS) is 10.9. The molecule has 6 nitrogen and oxygen atoms in total. The standard InChI is InChI=1S/C22H24N2O4S/c1-14(2)18-10-5-15(3)11-20(18)27-12-21-23-24-22(28-21)29-13-19(25)16-6-8-17(26-4)9-7-16/h5-11,14H,12-13H2,1-4H3. The fraction of sp³-hybridized carbons (Fsp3) is 0.318. The number of methoxy groups -OCH3 is 1. The molecule has 0 N–H and O–H groups in total. The van der Waals surface area contributed by atoms with Gasteiger partial charge in [-0.05, 0) is 54.3 Å². The van der Waals surface area contributed by atoms with E-state index in [1.165, 1.54) is 11.8 Å². The summed E-state index contributed by atoms with van der Waals surface area (Å²) in [4.78, 5) is 12.3. The summed E-state index contributed by atoms with van der Waals surface area (Å²) >= 11 is 1.21. The second-order valence-corrected chi connectivity index (χ2v) is 7.81. The van der Waals surface area contributed by atoms with Crippen molar-refractivity contribution in [1.29, 1.82) is 0 Å². The molecule has 1 heterocycles. The van der Waals surface area contributed by atoms with Crippen LogP contribution in [0.2, 0.25) is 0 Å². The summed E-state index contributed by atoms with van der Waals surface area (Å²) in [5, 5.41) is 8.35. The molecule has 0 atom stereocenters. The van der Waals surface area contributed by atoms with E-state index in [4.69, 9.17) is 13.9 Å². The molecule has 0 radical (unpaired) electrons. The first-order valence-corrected chi connectivity index (χ1v) is 10.3. The first-order chi connectivity index (χ1) is 14.0. The molecular formula is C22H24N2O4S. The molecule has 7 heteroatoms. The lowest BCUT2D eigenvalue weighted by atomic mass is 10.0. The molecule has 0 aliphatic heterocycles. The number of hydrogen-bond donors (Lipinski definition) is 0. The molecule has 0 spiro atoms. The molecule has 3 rings (SSSR count). The zero-order chi connectivity index (χ0) is 20.8. The van der Waals surface area contributed by atoms with Gasteiger partial charge in [0.1, 0.15) is 11.5 Å². The van der Waals surface area contributed by atoms with Gasteiger partial charge < -0.3 is 13.9 Å². The molecule has 0 bridgehead atoms. The van der Waals surface area contributed by atoms with Crippen LogP contribution in [-0.4, -0.2) is 28.8 Å². The number of benzene rings is 2. The molecule has 0 saturated heterocycles. The zero-order valence-corrected chi connectivity index (χ0v) is 17.8. The number of thioether (sulfide) groups is 1. The Hall–Kier alpha value is -2.80. The highest BCUT2D eigenvalue weighted by Gasteiger charge is 2.13. The number of ether oxygens (including phenoxy) is 2. The predicted molar refractivity (Wildman–Crippen MR) is 112 cm³/mol. The van der Waals surface area contributed by atoms with E-state index in [0.717, 1.165) is 16.9 Å². The molecular weight excluding hydrogens is 388 g/mol. The monoisotopic (exact) mass is 412 g/mol. The van der Waals surface area contributed by atoms with Crippen LogP contribution in [0.25, 0.3) is 0 Å². The van der Waals surface area contributed by atoms with Gasteiger partial charge in [-0.1, -0.05) is 37.7 Å². The van der Waals surface area contributed by atoms with Crippen molar-refractivity contribution in [2.75, 3.05) is 12.9 Å². The summed E-state index contributed by atoms with van der Waals surface area (Å²) in [5.74, 6) is 2.45.